The highest BCUT2D eigenvalue weighted by Crippen LogP contribution is 2.04. The van der Waals surface area contributed by atoms with Crippen LogP contribution in [0.15, 0.2) is 0 Å². The van der Waals surface area contributed by atoms with Crippen LogP contribution >= 0.6 is 0 Å². The van der Waals surface area contributed by atoms with Crippen LogP contribution in [0, 0.1) is 17.8 Å². The number of hydrogen-bond donors (Lipinski definition) is 1. The van der Waals surface area contributed by atoms with Gasteiger partial charge in [-0.3, -0.25) is 8.74 Å². The standard InChI is InChI=1S/C8H14O6S2/c1-3-5-8(7-15(9,10)11)6-14-16(12,13)4-2/h8H,4,6-7H2,1-2H3,(H,9,10,11). The molecule has 0 bridgehead atoms. The SMILES string of the molecule is CC#CC(COS(=O)(=O)CC)CS(=O)(=O)O. The number of hydrogen-bond acceptors (Lipinski definition) is 5. The summed E-state index contributed by atoms with van der Waals surface area (Å²) >= 11 is 0. The molecule has 0 saturated carbocycles. The molecule has 0 fully saturated rings. The molecule has 0 heterocycles. The lowest BCUT2D eigenvalue weighted by molar-refractivity contribution is 0.291. The maximum Gasteiger partial charge on any atom is 0.267 e. The van der Waals surface area contributed by atoms with Gasteiger partial charge in [0.15, 0.2) is 0 Å². The Morgan fingerprint density at radius 3 is 2.25 bits per heavy atom. The fourth-order valence-corrected chi connectivity index (χ4v) is 2.09. The first-order valence-electron chi connectivity index (χ1n) is 4.44. The van der Waals surface area contributed by atoms with Crippen LogP contribution in [0.5, 0.6) is 0 Å². The Kier molecular flexibility index (Phi) is 5.96. The van der Waals surface area contributed by atoms with Crippen molar-refractivity contribution in [1.82, 2.24) is 0 Å². The van der Waals surface area contributed by atoms with E-state index in [2.05, 4.69) is 16.0 Å². The summed E-state index contributed by atoms with van der Waals surface area (Å²) in [5.74, 6) is 3.19. The van der Waals surface area contributed by atoms with Gasteiger partial charge in [-0.05, 0) is 13.8 Å². The summed E-state index contributed by atoms with van der Waals surface area (Å²) in [4.78, 5) is 0. The summed E-state index contributed by atoms with van der Waals surface area (Å²) in [5, 5.41) is 0. The van der Waals surface area contributed by atoms with Crippen molar-refractivity contribution in [2.75, 3.05) is 18.1 Å². The van der Waals surface area contributed by atoms with Crippen molar-refractivity contribution in [3.05, 3.63) is 0 Å². The Balaban J connectivity index is 4.53. The highest BCUT2D eigenvalue weighted by atomic mass is 32.2. The molecule has 94 valence electrons. The summed E-state index contributed by atoms with van der Waals surface area (Å²) in [6.45, 7) is 2.50. The zero-order valence-corrected chi connectivity index (χ0v) is 10.6. The molecule has 1 atom stereocenters. The molecule has 16 heavy (non-hydrogen) atoms. The van der Waals surface area contributed by atoms with Crippen molar-refractivity contribution >= 4 is 20.2 Å². The lowest BCUT2D eigenvalue weighted by atomic mass is 10.2. The van der Waals surface area contributed by atoms with Crippen LogP contribution in [0.4, 0.5) is 0 Å². The molecule has 8 heteroatoms. The summed E-state index contributed by atoms with van der Waals surface area (Å²) in [6.07, 6.45) is 0. The molecule has 0 aromatic carbocycles. The molecule has 0 aromatic heterocycles. The first kappa shape index (κ1) is 15.4. The largest absolute Gasteiger partial charge is 0.286 e. The van der Waals surface area contributed by atoms with E-state index in [4.69, 9.17) is 4.55 Å². The van der Waals surface area contributed by atoms with Gasteiger partial charge in [-0.25, -0.2) is 0 Å². The first-order valence-corrected chi connectivity index (χ1v) is 7.63. The van der Waals surface area contributed by atoms with E-state index in [1.165, 1.54) is 13.8 Å². The molecule has 0 aliphatic carbocycles. The lowest BCUT2D eigenvalue weighted by Gasteiger charge is -2.08. The van der Waals surface area contributed by atoms with Gasteiger partial charge in [0.25, 0.3) is 20.2 Å². The summed E-state index contributed by atoms with van der Waals surface area (Å²) in [7, 11) is -7.83. The van der Waals surface area contributed by atoms with E-state index in [9.17, 15) is 16.8 Å². The van der Waals surface area contributed by atoms with E-state index in [1.54, 1.807) is 0 Å². The molecule has 0 amide bonds. The van der Waals surface area contributed by atoms with Crippen molar-refractivity contribution in [2.45, 2.75) is 13.8 Å². The zero-order chi connectivity index (χ0) is 12.8. The van der Waals surface area contributed by atoms with Crippen LogP contribution in [0.25, 0.3) is 0 Å². The van der Waals surface area contributed by atoms with Gasteiger partial charge < -0.3 is 0 Å². The lowest BCUT2D eigenvalue weighted by Crippen LogP contribution is -2.21. The quantitative estimate of drug-likeness (QED) is 0.410. The van der Waals surface area contributed by atoms with Crippen molar-refractivity contribution < 1.29 is 25.6 Å². The summed E-state index contributed by atoms with van der Waals surface area (Å²) in [6, 6.07) is 0. The second-order valence-electron chi connectivity index (χ2n) is 2.97. The van der Waals surface area contributed by atoms with Gasteiger partial charge in [0.1, 0.15) is 0 Å². The Bertz CT molecular complexity index is 464. The van der Waals surface area contributed by atoms with Crippen LogP contribution < -0.4 is 0 Å². The molecule has 0 rings (SSSR count). The van der Waals surface area contributed by atoms with E-state index in [-0.39, 0.29) is 12.4 Å². The first-order chi connectivity index (χ1) is 7.20. The minimum atomic E-state index is -4.20. The van der Waals surface area contributed by atoms with Gasteiger partial charge >= 0.3 is 0 Å². The van der Waals surface area contributed by atoms with Crippen molar-refractivity contribution in [3.63, 3.8) is 0 Å². The van der Waals surface area contributed by atoms with Crippen LogP contribution in [-0.4, -0.2) is 39.5 Å². The maximum atomic E-state index is 11.0. The highest BCUT2D eigenvalue weighted by Gasteiger charge is 2.18. The van der Waals surface area contributed by atoms with E-state index >= 15 is 0 Å². The Morgan fingerprint density at radius 2 is 1.88 bits per heavy atom. The van der Waals surface area contributed by atoms with Gasteiger partial charge in [0.05, 0.1) is 24.0 Å². The van der Waals surface area contributed by atoms with E-state index in [0.29, 0.717) is 0 Å². The molecular formula is C8H14O6S2. The fourth-order valence-electron chi connectivity index (χ4n) is 0.859. The fraction of sp³-hybridized carbons (Fsp3) is 0.750. The molecule has 1 N–H and O–H groups in total. The second kappa shape index (κ2) is 6.20. The van der Waals surface area contributed by atoms with Crippen molar-refractivity contribution in [2.24, 2.45) is 5.92 Å². The van der Waals surface area contributed by atoms with E-state index in [0.717, 1.165) is 0 Å². The van der Waals surface area contributed by atoms with E-state index < -0.39 is 31.9 Å². The number of rotatable bonds is 6. The van der Waals surface area contributed by atoms with Gasteiger partial charge in [-0.2, -0.15) is 16.8 Å². The van der Waals surface area contributed by atoms with Crippen molar-refractivity contribution in [1.29, 1.82) is 0 Å². The summed E-state index contributed by atoms with van der Waals surface area (Å²) in [5.41, 5.74) is 0. The minimum absolute atomic E-state index is 0.203. The molecule has 0 aliphatic rings. The van der Waals surface area contributed by atoms with Crippen LogP contribution in [0.3, 0.4) is 0 Å². The second-order valence-corrected chi connectivity index (χ2v) is 6.40. The topological polar surface area (TPSA) is 97.7 Å². The molecule has 1 unspecified atom stereocenters. The Morgan fingerprint density at radius 1 is 1.31 bits per heavy atom. The van der Waals surface area contributed by atoms with Gasteiger partial charge in [-0.15, -0.1) is 5.92 Å². The third-order valence-electron chi connectivity index (χ3n) is 1.56. The molecule has 6 nitrogen and oxygen atoms in total. The van der Waals surface area contributed by atoms with Crippen LogP contribution in [0.2, 0.25) is 0 Å². The molecule has 0 aliphatic heterocycles. The van der Waals surface area contributed by atoms with Gasteiger partial charge in [-0.1, -0.05) is 5.92 Å². The molecule has 0 saturated heterocycles. The normalized spacial score (nSPS) is 13.9. The highest BCUT2D eigenvalue weighted by molar-refractivity contribution is 7.86. The molecule has 0 spiro atoms. The zero-order valence-electron chi connectivity index (χ0n) is 9.00. The molecule has 0 aromatic rings. The van der Waals surface area contributed by atoms with Crippen molar-refractivity contribution in [3.8, 4) is 11.8 Å². The maximum absolute atomic E-state index is 11.0. The molecular weight excluding hydrogens is 256 g/mol. The van der Waals surface area contributed by atoms with Crippen LogP contribution in [0.1, 0.15) is 13.8 Å². The molecule has 0 radical (unpaired) electrons. The average Bonchev–Trinajstić information content (AvgIpc) is 2.13. The summed E-state index contributed by atoms with van der Waals surface area (Å²) < 4.78 is 56.3. The third kappa shape index (κ3) is 7.64. The van der Waals surface area contributed by atoms with Gasteiger partial charge in [0.2, 0.25) is 0 Å². The third-order valence-corrected chi connectivity index (χ3v) is 3.59. The predicted octanol–water partition coefficient (Wildman–Crippen LogP) is -0.120. The minimum Gasteiger partial charge on any atom is -0.286 e. The van der Waals surface area contributed by atoms with E-state index in [1.807, 2.05) is 0 Å². The van der Waals surface area contributed by atoms with Gasteiger partial charge in [0, 0.05) is 0 Å². The van der Waals surface area contributed by atoms with Crippen LogP contribution in [-0.2, 0) is 24.4 Å². The monoisotopic (exact) mass is 270 g/mol. The smallest absolute Gasteiger partial charge is 0.267 e. The average molecular weight is 270 g/mol. The predicted molar refractivity (Wildman–Crippen MR) is 58.8 cm³/mol. The Labute approximate surface area is 95.9 Å². The Hall–Kier alpha value is -0.620.